The molecule has 4 aromatic rings. The van der Waals surface area contributed by atoms with Crippen LogP contribution in [-0.2, 0) is 22.4 Å². The van der Waals surface area contributed by atoms with E-state index in [-0.39, 0.29) is 30.1 Å². The van der Waals surface area contributed by atoms with Crippen LogP contribution in [0.5, 0.6) is 0 Å². The molecule has 0 spiro atoms. The fourth-order valence-electron chi connectivity index (χ4n) is 3.56. The zero-order valence-electron chi connectivity index (χ0n) is 17.1. The average molecular weight is 417 g/mol. The highest BCUT2D eigenvalue weighted by Gasteiger charge is 2.19. The Morgan fingerprint density at radius 3 is 2.58 bits per heavy atom. The molecule has 0 saturated heterocycles. The second-order valence-corrected chi connectivity index (χ2v) is 7.33. The molecule has 4 rings (SSSR count). The van der Waals surface area contributed by atoms with Crippen LogP contribution < -0.4 is 0 Å². The second kappa shape index (κ2) is 8.47. The number of ether oxygens (including phenoxy) is 1. The molecule has 6 nitrogen and oxygen atoms in total. The maximum Gasteiger partial charge on any atom is 0.360 e. The van der Waals surface area contributed by atoms with Crippen LogP contribution in [0.25, 0.3) is 16.6 Å². The van der Waals surface area contributed by atoms with Crippen molar-refractivity contribution in [1.82, 2.24) is 14.8 Å². The summed E-state index contributed by atoms with van der Waals surface area (Å²) in [7, 11) is 1.30. The van der Waals surface area contributed by atoms with Crippen molar-refractivity contribution in [2.45, 2.75) is 19.8 Å². The van der Waals surface area contributed by atoms with E-state index in [9.17, 15) is 14.0 Å². The predicted molar refractivity (Wildman–Crippen MR) is 113 cm³/mol. The van der Waals surface area contributed by atoms with Crippen LogP contribution in [-0.4, -0.2) is 33.7 Å². The zero-order chi connectivity index (χ0) is 22.0. The quantitative estimate of drug-likeness (QED) is 0.444. The Labute approximate surface area is 178 Å². The van der Waals surface area contributed by atoms with Gasteiger partial charge in [0.2, 0.25) is 0 Å². The number of carbonyl (C=O) groups is 2. The Hall–Kier alpha value is -3.87. The van der Waals surface area contributed by atoms with E-state index in [0.717, 1.165) is 22.3 Å². The Kier molecular flexibility index (Phi) is 5.58. The lowest BCUT2D eigenvalue weighted by molar-refractivity contribution is -0.117. The summed E-state index contributed by atoms with van der Waals surface area (Å²) in [6.45, 7) is 1.87. The van der Waals surface area contributed by atoms with E-state index in [2.05, 4.69) is 10.3 Å². The number of ketones is 1. The minimum Gasteiger partial charge on any atom is -0.464 e. The fourth-order valence-corrected chi connectivity index (χ4v) is 3.56. The molecule has 0 amide bonds. The van der Waals surface area contributed by atoms with E-state index in [4.69, 9.17) is 4.74 Å². The van der Waals surface area contributed by atoms with E-state index < -0.39 is 5.97 Å². The van der Waals surface area contributed by atoms with E-state index in [1.807, 2.05) is 43.3 Å². The highest BCUT2D eigenvalue weighted by Crippen LogP contribution is 2.27. The van der Waals surface area contributed by atoms with Gasteiger partial charge in [-0.2, -0.15) is 0 Å². The highest BCUT2D eigenvalue weighted by atomic mass is 19.1. The van der Waals surface area contributed by atoms with Crippen molar-refractivity contribution < 1.29 is 18.7 Å². The van der Waals surface area contributed by atoms with Gasteiger partial charge in [-0.25, -0.2) is 13.7 Å². The molecule has 31 heavy (non-hydrogen) atoms. The highest BCUT2D eigenvalue weighted by molar-refractivity contribution is 5.99. The third-order valence-corrected chi connectivity index (χ3v) is 5.07. The molecule has 0 atom stereocenters. The number of methoxy groups -OCH3 is 1. The van der Waals surface area contributed by atoms with Gasteiger partial charge in [-0.15, -0.1) is 5.10 Å². The maximum absolute atomic E-state index is 13.9. The Bertz CT molecular complexity index is 1280. The fraction of sp³-hybridized carbons (Fsp3) is 0.167. The number of Topliss-reactive ketones (excluding diaryl/α,β-unsaturated/α-hetero) is 1. The molecule has 0 aliphatic heterocycles. The van der Waals surface area contributed by atoms with Crippen molar-refractivity contribution in [3.05, 3.63) is 89.0 Å². The van der Waals surface area contributed by atoms with E-state index >= 15 is 0 Å². The molecule has 0 fully saturated rings. The summed E-state index contributed by atoms with van der Waals surface area (Å²) in [6, 6.07) is 15.9. The number of halogens is 1. The van der Waals surface area contributed by atoms with Gasteiger partial charge in [0.25, 0.3) is 0 Å². The van der Waals surface area contributed by atoms with Gasteiger partial charge in [0.05, 0.1) is 7.11 Å². The first-order chi connectivity index (χ1) is 15.0. The largest absolute Gasteiger partial charge is 0.464 e. The molecule has 0 aliphatic carbocycles. The van der Waals surface area contributed by atoms with Gasteiger partial charge in [-0.3, -0.25) is 4.79 Å². The van der Waals surface area contributed by atoms with Crippen molar-refractivity contribution in [1.29, 1.82) is 0 Å². The number of hydrogen-bond acceptors (Lipinski definition) is 5. The number of hydrogen-bond donors (Lipinski definition) is 0. The van der Waals surface area contributed by atoms with Gasteiger partial charge in [-0.1, -0.05) is 53.2 Å². The first-order valence-corrected chi connectivity index (χ1v) is 9.74. The van der Waals surface area contributed by atoms with Crippen molar-refractivity contribution in [2.24, 2.45) is 0 Å². The molecule has 2 aromatic carbocycles. The smallest absolute Gasteiger partial charge is 0.360 e. The summed E-state index contributed by atoms with van der Waals surface area (Å²) in [5.41, 5.74) is 4.46. The first kappa shape index (κ1) is 20.4. The number of fused-ring (bicyclic) bond motifs is 1. The van der Waals surface area contributed by atoms with Gasteiger partial charge in [0, 0.05) is 24.6 Å². The number of aromatic nitrogens is 3. The molecular weight excluding hydrogens is 397 g/mol. The molecule has 0 saturated carbocycles. The van der Waals surface area contributed by atoms with E-state index in [1.54, 1.807) is 18.3 Å². The lowest BCUT2D eigenvalue weighted by Crippen LogP contribution is -2.08. The molecule has 0 bridgehead atoms. The van der Waals surface area contributed by atoms with Crippen LogP contribution in [0.1, 0.15) is 27.2 Å². The summed E-state index contributed by atoms with van der Waals surface area (Å²) >= 11 is 0. The van der Waals surface area contributed by atoms with E-state index in [1.165, 1.54) is 17.7 Å². The summed E-state index contributed by atoms with van der Waals surface area (Å²) in [4.78, 5) is 24.5. The van der Waals surface area contributed by atoms with Crippen LogP contribution in [0.4, 0.5) is 4.39 Å². The lowest BCUT2D eigenvalue weighted by Gasteiger charge is -2.08. The van der Waals surface area contributed by atoms with Crippen LogP contribution in [0.15, 0.2) is 60.8 Å². The molecule has 0 radical (unpaired) electrons. The lowest BCUT2D eigenvalue weighted by atomic mass is 9.98. The Morgan fingerprint density at radius 2 is 1.84 bits per heavy atom. The number of aryl methyl sites for hydroxylation is 1. The molecule has 2 aromatic heterocycles. The van der Waals surface area contributed by atoms with E-state index in [0.29, 0.717) is 11.1 Å². The normalized spacial score (nSPS) is 10.9. The zero-order valence-corrected chi connectivity index (χ0v) is 17.1. The van der Waals surface area contributed by atoms with Crippen molar-refractivity contribution in [3.63, 3.8) is 0 Å². The van der Waals surface area contributed by atoms with Crippen molar-refractivity contribution in [3.8, 4) is 11.1 Å². The Morgan fingerprint density at radius 1 is 1.06 bits per heavy atom. The molecule has 156 valence electrons. The van der Waals surface area contributed by atoms with Crippen LogP contribution in [0.3, 0.4) is 0 Å². The topological polar surface area (TPSA) is 73.6 Å². The van der Waals surface area contributed by atoms with Crippen molar-refractivity contribution >= 4 is 17.3 Å². The van der Waals surface area contributed by atoms with Crippen LogP contribution in [0, 0.1) is 12.7 Å². The number of esters is 1. The third kappa shape index (κ3) is 4.21. The summed E-state index contributed by atoms with van der Waals surface area (Å²) < 4.78 is 20.3. The number of pyridine rings is 1. The molecule has 0 N–H and O–H groups in total. The van der Waals surface area contributed by atoms with Gasteiger partial charge >= 0.3 is 5.97 Å². The minimum absolute atomic E-state index is 0.0541. The van der Waals surface area contributed by atoms with Crippen molar-refractivity contribution in [2.75, 3.05) is 7.11 Å². The molecule has 7 heteroatoms. The number of carbonyl (C=O) groups excluding carboxylic acids is 2. The molecular formula is C24H20FN3O3. The molecule has 0 unspecified atom stereocenters. The van der Waals surface area contributed by atoms with Gasteiger partial charge in [0.1, 0.15) is 17.1 Å². The number of nitrogens with zero attached hydrogens (tertiary/aromatic N) is 3. The standard InChI is InChI=1S/C24H20FN3O3/c1-15-5-10-21(25)18(12-15)14-19(29)13-16-6-8-17(9-7-16)20-4-3-11-28-23(20)22(26-27-28)24(30)31-2/h3-12H,13-14H2,1-2H3. The summed E-state index contributed by atoms with van der Waals surface area (Å²) in [5.74, 6) is -0.987. The van der Waals surface area contributed by atoms with Gasteiger partial charge in [-0.05, 0) is 35.7 Å². The minimum atomic E-state index is -0.562. The predicted octanol–water partition coefficient (Wildman–Crippen LogP) is 3.98. The molecule has 2 heterocycles. The Balaban J connectivity index is 1.56. The average Bonchev–Trinajstić information content (AvgIpc) is 3.21. The van der Waals surface area contributed by atoms with Gasteiger partial charge in [0.15, 0.2) is 5.69 Å². The number of benzene rings is 2. The van der Waals surface area contributed by atoms with Crippen LogP contribution in [0.2, 0.25) is 0 Å². The first-order valence-electron chi connectivity index (χ1n) is 9.74. The van der Waals surface area contributed by atoms with Crippen LogP contribution >= 0.6 is 0 Å². The SMILES string of the molecule is COC(=O)c1nnn2cccc(-c3ccc(CC(=O)Cc4cc(C)ccc4F)cc3)c12. The summed E-state index contributed by atoms with van der Waals surface area (Å²) in [5, 5.41) is 7.90. The maximum atomic E-state index is 13.9. The number of rotatable bonds is 6. The second-order valence-electron chi connectivity index (χ2n) is 7.33. The van der Waals surface area contributed by atoms with Gasteiger partial charge < -0.3 is 4.74 Å². The third-order valence-electron chi connectivity index (χ3n) is 5.07. The monoisotopic (exact) mass is 417 g/mol. The molecule has 0 aliphatic rings. The summed E-state index contributed by atoms with van der Waals surface area (Å²) in [6.07, 6.45) is 1.97.